The second-order valence-corrected chi connectivity index (χ2v) is 5.90. The molecular weight excluding hydrogens is 220 g/mol. The molecule has 18 heavy (non-hydrogen) atoms. The molecule has 2 aliphatic rings. The van der Waals surface area contributed by atoms with Gasteiger partial charge in [-0.15, -0.1) is 0 Å². The van der Waals surface area contributed by atoms with Crippen molar-refractivity contribution in [1.29, 1.82) is 0 Å². The number of anilines is 1. The van der Waals surface area contributed by atoms with Crippen LogP contribution in [0.3, 0.4) is 0 Å². The van der Waals surface area contributed by atoms with Crippen LogP contribution in [0.1, 0.15) is 48.4 Å². The highest BCUT2D eigenvalue weighted by Gasteiger charge is 2.22. The molecule has 0 amide bonds. The standard InChI is InChI=1S/C16H24N2/c1-11(2)15-14-6-9-17-8-5-12(14)10-13-4-3-7-18-16(13)15/h10-11,17-18H,3-9H2,1-2H3. The van der Waals surface area contributed by atoms with Gasteiger partial charge in [0.05, 0.1) is 0 Å². The minimum atomic E-state index is 0.623. The summed E-state index contributed by atoms with van der Waals surface area (Å²) >= 11 is 0. The summed E-state index contributed by atoms with van der Waals surface area (Å²) in [5.41, 5.74) is 7.86. The normalized spacial score (nSPS) is 18.8. The Morgan fingerprint density at radius 2 is 1.83 bits per heavy atom. The van der Waals surface area contributed by atoms with Crippen LogP contribution in [0.25, 0.3) is 0 Å². The number of hydrogen-bond acceptors (Lipinski definition) is 2. The van der Waals surface area contributed by atoms with Crippen molar-refractivity contribution in [3.05, 3.63) is 28.3 Å². The van der Waals surface area contributed by atoms with E-state index in [2.05, 4.69) is 30.5 Å². The predicted molar refractivity (Wildman–Crippen MR) is 77.6 cm³/mol. The Labute approximate surface area is 110 Å². The molecule has 0 aromatic heterocycles. The largest absolute Gasteiger partial charge is 0.385 e. The Kier molecular flexibility index (Phi) is 3.29. The summed E-state index contributed by atoms with van der Waals surface area (Å²) in [6, 6.07) is 2.48. The SMILES string of the molecule is CC(C)c1c2c(cc3c1NCCC3)CCNCC2. The molecule has 0 atom stereocenters. The second-order valence-electron chi connectivity index (χ2n) is 5.90. The van der Waals surface area contributed by atoms with E-state index in [-0.39, 0.29) is 0 Å². The van der Waals surface area contributed by atoms with Gasteiger partial charge >= 0.3 is 0 Å². The molecule has 2 heterocycles. The average Bonchev–Trinajstić information content (AvgIpc) is 2.60. The first-order valence-electron chi connectivity index (χ1n) is 7.39. The van der Waals surface area contributed by atoms with Gasteiger partial charge < -0.3 is 10.6 Å². The molecule has 98 valence electrons. The Morgan fingerprint density at radius 3 is 2.67 bits per heavy atom. The van der Waals surface area contributed by atoms with Crippen LogP contribution >= 0.6 is 0 Å². The Hall–Kier alpha value is -1.02. The van der Waals surface area contributed by atoms with Gasteiger partial charge in [0, 0.05) is 12.2 Å². The molecule has 1 aromatic rings. The van der Waals surface area contributed by atoms with Crippen molar-refractivity contribution < 1.29 is 0 Å². The van der Waals surface area contributed by atoms with Crippen LogP contribution in [0.5, 0.6) is 0 Å². The Bertz CT molecular complexity index is 449. The number of benzene rings is 1. The van der Waals surface area contributed by atoms with Crippen molar-refractivity contribution in [3.63, 3.8) is 0 Å². The third-order valence-electron chi connectivity index (χ3n) is 4.28. The molecule has 2 nitrogen and oxygen atoms in total. The number of fused-ring (bicyclic) bond motifs is 2. The zero-order valence-electron chi connectivity index (χ0n) is 11.6. The van der Waals surface area contributed by atoms with Crippen molar-refractivity contribution in [1.82, 2.24) is 5.32 Å². The van der Waals surface area contributed by atoms with Crippen molar-refractivity contribution in [2.45, 2.75) is 45.4 Å². The zero-order valence-corrected chi connectivity index (χ0v) is 11.6. The van der Waals surface area contributed by atoms with Crippen molar-refractivity contribution in [2.75, 3.05) is 25.0 Å². The number of rotatable bonds is 1. The van der Waals surface area contributed by atoms with Gasteiger partial charge in [-0.1, -0.05) is 19.9 Å². The van der Waals surface area contributed by atoms with Crippen LogP contribution in [-0.4, -0.2) is 19.6 Å². The van der Waals surface area contributed by atoms with Crippen molar-refractivity contribution in [3.8, 4) is 0 Å². The van der Waals surface area contributed by atoms with E-state index >= 15 is 0 Å². The summed E-state index contributed by atoms with van der Waals surface area (Å²) in [7, 11) is 0. The van der Waals surface area contributed by atoms with Crippen molar-refractivity contribution in [2.24, 2.45) is 0 Å². The molecule has 1 aromatic carbocycles. The van der Waals surface area contributed by atoms with Gasteiger partial charge in [0.2, 0.25) is 0 Å². The fourth-order valence-electron chi connectivity index (χ4n) is 3.48. The highest BCUT2D eigenvalue weighted by atomic mass is 14.9. The van der Waals surface area contributed by atoms with E-state index in [0.29, 0.717) is 5.92 Å². The molecule has 2 aliphatic heterocycles. The van der Waals surface area contributed by atoms with Crippen LogP contribution in [0.4, 0.5) is 5.69 Å². The van der Waals surface area contributed by atoms with Crippen LogP contribution in [0, 0.1) is 0 Å². The van der Waals surface area contributed by atoms with E-state index in [1.807, 2.05) is 0 Å². The molecule has 0 radical (unpaired) electrons. The second kappa shape index (κ2) is 4.93. The summed E-state index contributed by atoms with van der Waals surface area (Å²) in [6.45, 7) is 8.08. The first-order valence-corrected chi connectivity index (χ1v) is 7.39. The maximum absolute atomic E-state index is 3.66. The third-order valence-corrected chi connectivity index (χ3v) is 4.28. The summed E-state index contributed by atoms with van der Waals surface area (Å²) in [5, 5.41) is 7.19. The lowest BCUT2D eigenvalue weighted by atomic mass is 9.84. The first kappa shape index (κ1) is 12.0. The van der Waals surface area contributed by atoms with E-state index < -0.39 is 0 Å². The van der Waals surface area contributed by atoms with E-state index in [4.69, 9.17) is 0 Å². The fraction of sp³-hybridized carbons (Fsp3) is 0.625. The van der Waals surface area contributed by atoms with E-state index in [9.17, 15) is 0 Å². The smallest absolute Gasteiger partial charge is 0.0410 e. The van der Waals surface area contributed by atoms with Crippen LogP contribution in [0.2, 0.25) is 0 Å². The molecule has 0 saturated heterocycles. The van der Waals surface area contributed by atoms with Crippen molar-refractivity contribution >= 4 is 5.69 Å². The van der Waals surface area contributed by atoms with Gasteiger partial charge in [-0.25, -0.2) is 0 Å². The molecule has 0 aliphatic carbocycles. The molecule has 0 fully saturated rings. The molecule has 0 saturated carbocycles. The molecule has 0 spiro atoms. The van der Waals surface area contributed by atoms with Gasteiger partial charge in [-0.3, -0.25) is 0 Å². The third kappa shape index (κ3) is 2.03. The van der Waals surface area contributed by atoms with Crippen LogP contribution < -0.4 is 10.6 Å². The fourth-order valence-corrected chi connectivity index (χ4v) is 3.48. The lowest BCUT2D eigenvalue weighted by Crippen LogP contribution is -2.17. The van der Waals surface area contributed by atoms with Gasteiger partial charge in [-0.2, -0.15) is 0 Å². The molecule has 2 N–H and O–H groups in total. The van der Waals surface area contributed by atoms with Crippen LogP contribution in [-0.2, 0) is 19.3 Å². The topological polar surface area (TPSA) is 24.1 Å². The van der Waals surface area contributed by atoms with E-state index in [1.54, 1.807) is 22.3 Å². The molecule has 0 bridgehead atoms. The van der Waals surface area contributed by atoms with Gasteiger partial charge in [0.25, 0.3) is 0 Å². The molecule has 0 unspecified atom stereocenters. The summed E-state index contributed by atoms with van der Waals surface area (Å²) in [5.74, 6) is 0.623. The highest BCUT2D eigenvalue weighted by molar-refractivity contribution is 5.65. The number of nitrogens with one attached hydrogen (secondary N) is 2. The Morgan fingerprint density at radius 1 is 1.00 bits per heavy atom. The molecule has 3 rings (SSSR count). The van der Waals surface area contributed by atoms with Gasteiger partial charge in [0.1, 0.15) is 0 Å². The zero-order chi connectivity index (χ0) is 12.5. The van der Waals surface area contributed by atoms with Crippen LogP contribution in [0.15, 0.2) is 6.07 Å². The lowest BCUT2D eigenvalue weighted by Gasteiger charge is -2.27. The lowest BCUT2D eigenvalue weighted by molar-refractivity contribution is 0.708. The highest BCUT2D eigenvalue weighted by Crippen LogP contribution is 2.37. The Balaban J connectivity index is 2.17. The number of hydrogen-bond donors (Lipinski definition) is 2. The molecular formula is C16H24N2. The maximum Gasteiger partial charge on any atom is 0.0410 e. The minimum absolute atomic E-state index is 0.623. The van der Waals surface area contributed by atoms with Gasteiger partial charge in [-0.05, 0) is 66.9 Å². The monoisotopic (exact) mass is 244 g/mol. The van der Waals surface area contributed by atoms with Gasteiger partial charge in [0.15, 0.2) is 0 Å². The summed E-state index contributed by atoms with van der Waals surface area (Å²) < 4.78 is 0. The average molecular weight is 244 g/mol. The molecule has 2 heteroatoms. The van der Waals surface area contributed by atoms with E-state index in [0.717, 1.165) is 19.6 Å². The first-order chi connectivity index (χ1) is 8.77. The summed E-state index contributed by atoms with van der Waals surface area (Å²) in [4.78, 5) is 0. The predicted octanol–water partition coefficient (Wildman–Crippen LogP) is 2.86. The van der Waals surface area contributed by atoms with E-state index in [1.165, 1.54) is 31.4 Å². The number of aryl methyl sites for hydroxylation is 1. The maximum atomic E-state index is 3.66. The summed E-state index contributed by atoms with van der Waals surface area (Å²) in [6.07, 6.45) is 4.92. The minimum Gasteiger partial charge on any atom is -0.385 e. The quantitative estimate of drug-likeness (QED) is 0.794.